The Morgan fingerprint density at radius 3 is 2.91 bits per heavy atom. The number of piperidine rings is 1. The molecule has 122 valence electrons. The van der Waals surface area contributed by atoms with Crippen LogP contribution in [0.1, 0.15) is 31.9 Å². The lowest BCUT2D eigenvalue weighted by atomic mass is 10.0. The number of nitro groups is 1. The van der Waals surface area contributed by atoms with E-state index < -0.39 is 4.92 Å². The summed E-state index contributed by atoms with van der Waals surface area (Å²) in [5.41, 5.74) is -0.137. The topological polar surface area (TPSA) is 110 Å². The van der Waals surface area contributed by atoms with Gasteiger partial charge in [0.2, 0.25) is 11.6 Å². The Morgan fingerprint density at radius 2 is 2.26 bits per heavy atom. The molecule has 1 atom stereocenters. The maximum atomic E-state index is 11.6. The van der Waals surface area contributed by atoms with E-state index in [1.54, 1.807) is 13.0 Å². The minimum absolute atomic E-state index is 0.117. The molecule has 9 nitrogen and oxygen atoms in total. The number of nitrogens with one attached hydrogen (secondary N) is 1. The van der Waals surface area contributed by atoms with Gasteiger partial charge in [-0.25, -0.2) is 9.97 Å². The van der Waals surface area contributed by atoms with Gasteiger partial charge in [0.05, 0.1) is 4.92 Å². The molecule has 0 radical (unpaired) electrons. The van der Waals surface area contributed by atoms with Gasteiger partial charge in [-0.3, -0.25) is 10.1 Å². The summed E-state index contributed by atoms with van der Waals surface area (Å²) in [6.07, 6.45) is 4.45. The molecule has 9 heteroatoms. The first-order chi connectivity index (χ1) is 11.1. The van der Waals surface area contributed by atoms with Crippen LogP contribution >= 0.6 is 0 Å². The second-order valence-electron chi connectivity index (χ2n) is 5.64. The van der Waals surface area contributed by atoms with Crippen LogP contribution in [-0.2, 0) is 0 Å². The Hall–Kier alpha value is -2.71. The van der Waals surface area contributed by atoms with Crippen LogP contribution in [0.25, 0.3) is 0 Å². The van der Waals surface area contributed by atoms with Crippen LogP contribution in [0.15, 0.2) is 16.9 Å². The molecule has 0 aliphatic carbocycles. The standard InChI is InChI=1S/C14H18N6O3/c1-9-5-3-4-6-19(9)14-12(20(21)22)13(15-8-16-14)17-11-7-10(2)23-18-11/h7-9H,3-6H2,1-2H3,(H,15,16,17,18). The summed E-state index contributed by atoms with van der Waals surface area (Å²) in [4.78, 5) is 21.3. The third-order valence-electron chi connectivity index (χ3n) is 3.94. The van der Waals surface area contributed by atoms with Gasteiger partial charge >= 0.3 is 5.69 Å². The molecule has 1 saturated heterocycles. The molecule has 2 aromatic heterocycles. The maximum absolute atomic E-state index is 11.6. The third kappa shape index (κ3) is 3.08. The van der Waals surface area contributed by atoms with Crippen LogP contribution in [0.3, 0.4) is 0 Å². The predicted octanol–water partition coefficient (Wildman–Crippen LogP) is 2.80. The molecule has 23 heavy (non-hydrogen) atoms. The number of hydrogen-bond donors (Lipinski definition) is 1. The van der Waals surface area contributed by atoms with E-state index in [-0.39, 0.29) is 17.5 Å². The van der Waals surface area contributed by atoms with E-state index in [4.69, 9.17) is 4.52 Å². The first-order valence-corrected chi connectivity index (χ1v) is 7.52. The van der Waals surface area contributed by atoms with Crippen LogP contribution in [0.2, 0.25) is 0 Å². The monoisotopic (exact) mass is 318 g/mol. The molecule has 0 saturated carbocycles. The summed E-state index contributed by atoms with van der Waals surface area (Å²) in [7, 11) is 0. The molecule has 1 N–H and O–H groups in total. The second kappa shape index (κ2) is 6.19. The van der Waals surface area contributed by atoms with Gasteiger partial charge in [-0.2, -0.15) is 0 Å². The van der Waals surface area contributed by atoms with Crippen molar-refractivity contribution in [3.05, 3.63) is 28.3 Å². The number of anilines is 3. The van der Waals surface area contributed by atoms with Crippen LogP contribution < -0.4 is 10.2 Å². The molecule has 0 bridgehead atoms. The minimum atomic E-state index is -0.452. The summed E-state index contributed by atoms with van der Waals surface area (Å²) in [5, 5.41) is 18.2. The SMILES string of the molecule is Cc1cc(Nc2ncnc(N3CCCCC3C)c2[N+](=O)[O-])no1. The molecule has 0 spiro atoms. The number of rotatable bonds is 4. The van der Waals surface area contributed by atoms with Crippen molar-refractivity contribution < 1.29 is 9.45 Å². The van der Waals surface area contributed by atoms with Crippen molar-refractivity contribution in [2.45, 2.75) is 39.2 Å². The third-order valence-corrected chi connectivity index (χ3v) is 3.94. The molecule has 0 amide bonds. The van der Waals surface area contributed by atoms with Crippen molar-refractivity contribution in [3.63, 3.8) is 0 Å². The molecule has 2 aromatic rings. The second-order valence-corrected chi connectivity index (χ2v) is 5.64. The van der Waals surface area contributed by atoms with Gasteiger partial charge in [0.1, 0.15) is 12.1 Å². The lowest BCUT2D eigenvalue weighted by Crippen LogP contribution is -2.38. The molecular weight excluding hydrogens is 300 g/mol. The van der Waals surface area contributed by atoms with Crippen molar-refractivity contribution in [2.24, 2.45) is 0 Å². The molecule has 1 fully saturated rings. The summed E-state index contributed by atoms with van der Waals surface area (Å²) in [6.45, 7) is 4.55. The Morgan fingerprint density at radius 1 is 1.43 bits per heavy atom. The van der Waals surface area contributed by atoms with E-state index in [1.165, 1.54) is 6.33 Å². The highest BCUT2D eigenvalue weighted by Crippen LogP contribution is 2.36. The Bertz CT molecular complexity index is 716. The largest absolute Gasteiger partial charge is 0.360 e. The normalized spacial score (nSPS) is 18.0. The van der Waals surface area contributed by atoms with Gasteiger partial charge in [-0.05, 0) is 33.1 Å². The average Bonchev–Trinajstić information content (AvgIpc) is 2.92. The summed E-state index contributed by atoms with van der Waals surface area (Å²) in [5.74, 6) is 1.45. The highest BCUT2D eigenvalue weighted by molar-refractivity contribution is 5.73. The van der Waals surface area contributed by atoms with E-state index in [2.05, 4.69) is 27.4 Å². The molecule has 3 rings (SSSR count). The summed E-state index contributed by atoms with van der Waals surface area (Å²) < 4.78 is 4.96. The van der Waals surface area contributed by atoms with Crippen LogP contribution in [0.5, 0.6) is 0 Å². The Kier molecular flexibility index (Phi) is 4.09. The van der Waals surface area contributed by atoms with E-state index in [9.17, 15) is 10.1 Å². The van der Waals surface area contributed by atoms with Crippen LogP contribution in [-0.4, -0.2) is 32.6 Å². The predicted molar refractivity (Wildman–Crippen MR) is 83.9 cm³/mol. The van der Waals surface area contributed by atoms with Crippen LogP contribution in [0.4, 0.5) is 23.1 Å². The fraction of sp³-hybridized carbons (Fsp3) is 0.500. The minimum Gasteiger partial charge on any atom is -0.360 e. The lowest BCUT2D eigenvalue weighted by Gasteiger charge is -2.33. The zero-order valence-corrected chi connectivity index (χ0v) is 13.0. The number of aromatic nitrogens is 3. The van der Waals surface area contributed by atoms with Gasteiger partial charge in [-0.1, -0.05) is 5.16 Å². The highest BCUT2D eigenvalue weighted by Gasteiger charge is 2.31. The van der Waals surface area contributed by atoms with Crippen molar-refractivity contribution in [2.75, 3.05) is 16.8 Å². The smallest absolute Gasteiger partial charge is 0.353 e. The van der Waals surface area contributed by atoms with E-state index in [0.717, 1.165) is 25.8 Å². The number of aryl methyl sites for hydroxylation is 1. The molecule has 0 aromatic carbocycles. The summed E-state index contributed by atoms with van der Waals surface area (Å²) in [6, 6.07) is 1.86. The zero-order valence-electron chi connectivity index (χ0n) is 13.0. The van der Waals surface area contributed by atoms with Gasteiger partial charge < -0.3 is 14.7 Å². The highest BCUT2D eigenvalue weighted by atomic mass is 16.6. The molecule has 1 unspecified atom stereocenters. The van der Waals surface area contributed by atoms with Crippen molar-refractivity contribution in [3.8, 4) is 0 Å². The van der Waals surface area contributed by atoms with E-state index in [0.29, 0.717) is 17.4 Å². The van der Waals surface area contributed by atoms with Crippen molar-refractivity contribution >= 4 is 23.1 Å². The fourth-order valence-corrected chi connectivity index (χ4v) is 2.80. The van der Waals surface area contributed by atoms with Crippen molar-refractivity contribution in [1.82, 2.24) is 15.1 Å². The van der Waals surface area contributed by atoms with Gasteiger partial charge in [0.25, 0.3) is 0 Å². The fourth-order valence-electron chi connectivity index (χ4n) is 2.80. The van der Waals surface area contributed by atoms with Crippen LogP contribution in [0, 0.1) is 17.0 Å². The van der Waals surface area contributed by atoms with Gasteiger partial charge in [0.15, 0.2) is 5.82 Å². The van der Waals surface area contributed by atoms with Crippen molar-refractivity contribution in [1.29, 1.82) is 0 Å². The molecule has 1 aliphatic heterocycles. The first kappa shape index (κ1) is 15.2. The molecular formula is C14H18N6O3. The molecule has 1 aliphatic rings. The summed E-state index contributed by atoms with van der Waals surface area (Å²) >= 11 is 0. The van der Waals surface area contributed by atoms with Gasteiger partial charge in [0, 0.05) is 18.7 Å². The zero-order chi connectivity index (χ0) is 16.4. The number of nitrogens with zero attached hydrogens (tertiary/aromatic N) is 5. The Labute approximate surface area is 132 Å². The van der Waals surface area contributed by atoms with Gasteiger partial charge in [-0.15, -0.1) is 0 Å². The quantitative estimate of drug-likeness (QED) is 0.676. The van der Waals surface area contributed by atoms with E-state index in [1.807, 2.05) is 4.90 Å². The maximum Gasteiger partial charge on any atom is 0.353 e. The number of hydrogen-bond acceptors (Lipinski definition) is 8. The van der Waals surface area contributed by atoms with E-state index >= 15 is 0 Å². The molecule has 3 heterocycles. The Balaban J connectivity index is 1.99. The average molecular weight is 318 g/mol. The lowest BCUT2D eigenvalue weighted by molar-refractivity contribution is -0.383. The first-order valence-electron chi connectivity index (χ1n) is 7.52.